The van der Waals surface area contributed by atoms with Crippen molar-refractivity contribution in [3.63, 3.8) is 0 Å². The van der Waals surface area contributed by atoms with Crippen LogP contribution < -0.4 is 10.6 Å². The number of aryl methyl sites for hydroxylation is 3. The van der Waals surface area contributed by atoms with E-state index in [0.29, 0.717) is 0 Å². The Morgan fingerprint density at radius 1 is 1.27 bits per heavy atom. The van der Waals surface area contributed by atoms with E-state index in [9.17, 15) is 0 Å². The van der Waals surface area contributed by atoms with E-state index in [0.717, 1.165) is 46.1 Å². The largest absolute Gasteiger partial charge is 0.384 e. The molecule has 5 rings (SSSR count). The van der Waals surface area contributed by atoms with Crippen molar-refractivity contribution in [1.82, 2.24) is 20.0 Å². The average Bonchev–Trinajstić information content (AvgIpc) is 3.31. The maximum Gasteiger partial charge on any atom is 0.166 e. The SMILES string of the molecule is Cc1nnc2sc3c(NCc4ccc5c(c4)CCN5)nn(C)c3c2c1C. The number of aromatic nitrogens is 4. The molecule has 6 nitrogen and oxygen atoms in total. The van der Waals surface area contributed by atoms with Gasteiger partial charge in [0.15, 0.2) is 5.82 Å². The van der Waals surface area contributed by atoms with Crippen LogP contribution in [0.2, 0.25) is 0 Å². The molecule has 1 aromatic carbocycles. The van der Waals surface area contributed by atoms with Gasteiger partial charge in [0.25, 0.3) is 0 Å². The monoisotopic (exact) mass is 364 g/mol. The van der Waals surface area contributed by atoms with Crippen LogP contribution in [0.5, 0.6) is 0 Å². The van der Waals surface area contributed by atoms with Crippen molar-refractivity contribution in [1.29, 1.82) is 0 Å². The summed E-state index contributed by atoms with van der Waals surface area (Å²) in [6, 6.07) is 6.63. The van der Waals surface area contributed by atoms with Gasteiger partial charge in [-0.05, 0) is 43.0 Å². The van der Waals surface area contributed by atoms with Gasteiger partial charge in [0.05, 0.1) is 15.9 Å². The highest BCUT2D eigenvalue weighted by Gasteiger charge is 2.19. The van der Waals surface area contributed by atoms with E-state index in [-0.39, 0.29) is 0 Å². The van der Waals surface area contributed by atoms with E-state index in [2.05, 4.69) is 46.0 Å². The summed E-state index contributed by atoms with van der Waals surface area (Å²) in [6.45, 7) is 5.91. The summed E-state index contributed by atoms with van der Waals surface area (Å²) in [4.78, 5) is 0.975. The van der Waals surface area contributed by atoms with Gasteiger partial charge in [-0.1, -0.05) is 12.1 Å². The molecule has 1 aliphatic heterocycles. The number of hydrogen-bond donors (Lipinski definition) is 2. The first-order valence-corrected chi connectivity index (χ1v) is 9.62. The van der Waals surface area contributed by atoms with Crippen LogP contribution in [-0.2, 0) is 20.0 Å². The number of hydrogen-bond acceptors (Lipinski definition) is 6. The van der Waals surface area contributed by atoms with E-state index >= 15 is 0 Å². The summed E-state index contributed by atoms with van der Waals surface area (Å²) < 4.78 is 3.10. The van der Waals surface area contributed by atoms with Crippen LogP contribution in [0.25, 0.3) is 20.4 Å². The summed E-state index contributed by atoms with van der Waals surface area (Å²) >= 11 is 1.66. The highest BCUT2D eigenvalue weighted by atomic mass is 32.1. The first-order chi connectivity index (χ1) is 12.6. The molecule has 0 unspecified atom stereocenters. The first kappa shape index (κ1) is 15.6. The molecule has 4 aromatic rings. The van der Waals surface area contributed by atoms with Crippen LogP contribution in [0, 0.1) is 13.8 Å². The molecule has 0 aliphatic carbocycles. The maximum atomic E-state index is 4.71. The Kier molecular flexibility index (Phi) is 3.40. The van der Waals surface area contributed by atoms with E-state index in [1.165, 1.54) is 27.8 Å². The van der Waals surface area contributed by atoms with E-state index in [1.807, 2.05) is 18.7 Å². The zero-order valence-electron chi connectivity index (χ0n) is 15.1. The minimum absolute atomic E-state index is 0.761. The highest BCUT2D eigenvalue weighted by molar-refractivity contribution is 7.26. The van der Waals surface area contributed by atoms with Gasteiger partial charge in [-0.25, -0.2) is 0 Å². The summed E-state index contributed by atoms with van der Waals surface area (Å²) in [5.41, 5.74) is 7.24. The summed E-state index contributed by atoms with van der Waals surface area (Å²) in [5, 5.41) is 21.5. The predicted molar refractivity (Wildman–Crippen MR) is 107 cm³/mol. The lowest BCUT2D eigenvalue weighted by atomic mass is 10.1. The van der Waals surface area contributed by atoms with Gasteiger partial charge in [-0.15, -0.1) is 16.4 Å². The van der Waals surface area contributed by atoms with Gasteiger partial charge in [0, 0.05) is 31.2 Å². The molecule has 1 aliphatic rings. The Labute approximate surface area is 155 Å². The van der Waals surface area contributed by atoms with Crippen LogP contribution in [0.1, 0.15) is 22.4 Å². The van der Waals surface area contributed by atoms with Crippen molar-refractivity contribution in [3.05, 3.63) is 40.6 Å². The molecule has 0 saturated carbocycles. The third kappa shape index (κ3) is 2.27. The lowest BCUT2D eigenvalue weighted by Crippen LogP contribution is -2.01. The number of nitrogens with one attached hydrogen (secondary N) is 2. The Morgan fingerprint density at radius 2 is 2.15 bits per heavy atom. The fraction of sp³-hybridized carbons (Fsp3) is 0.316. The second kappa shape index (κ2) is 5.67. The second-order valence-electron chi connectivity index (χ2n) is 6.86. The molecule has 0 bridgehead atoms. The summed E-state index contributed by atoms with van der Waals surface area (Å²) in [7, 11) is 2.00. The zero-order chi connectivity index (χ0) is 17.8. The zero-order valence-corrected chi connectivity index (χ0v) is 15.9. The van der Waals surface area contributed by atoms with Gasteiger partial charge in [0.1, 0.15) is 4.83 Å². The Balaban J connectivity index is 1.52. The van der Waals surface area contributed by atoms with E-state index in [4.69, 9.17) is 5.10 Å². The van der Waals surface area contributed by atoms with E-state index in [1.54, 1.807) is 11.3 Å². The molecule has 0 spiro atoms. The molecule has 7 heteroatoms. The second-order valence-corrected chi connectivity index (χ2v) is 7.86. The van der Waals surface area contributed by atoms with Crippen molar-refractivity contribution >= 4 is 43.3 Å². The predicted octanol–water partition coefficient (Wildman–Crippen LogP) is 3.77. The summed E-state index contributed by atoms with van der Waals surface area (Å²) in [5.74, 6) is 0.918. The molecule has 2 N–H and O–H groups in total. The molecule has 132 valence electrons. The molecule has 0 amide bonds. The van der Waals surface area contributed by atoms with Gasteiger partial charge in [-0.3, -0.25) is 4.68 Å². The number of nitrogens with zero attached hydrogens (tertiary/aromatic N) is 4. The standard InChI is InChI=1S/C19H20N6S/c1-10-11(2)22-23-19-15(10)16-17(26-19)18(24-25(16)3)21-9-12-4-5-14-13(8-12)6-7-20-14/h4-5,8,20H,6-7,9H2,1-3H3,(H,21,24). The Hall–Kier alpha value is -2.67. The van der Waals surface area contributed by atoms with Crippen molar-refractivity contribution < 1.29 is 0 Å². The quantitative estimate of drug-likeness (QED) is 0.579. The molecule has 0 saturated heterocycles. The van der Waals surface area contributed by atoms with Crippen LogP contribution in [0.15, 0.2) is 18.2 Å². The van der Waals surface area contributed by atoms with Crippen molar-refractivity contribution in [2.24, 2.45) is 7.05 Å². The molecule has 26 heavy (non-hydrogen) atoms. The normalized spacial score (nSPS) is 13.3. The minimum Gasteiger partial charge on any atom is -0.384 e. The summed E-state index contributed by atoms with van der Waals surface area (Å²) in [6.07, 6.45) is 1.10. The third-order valence-corrected chi connectivity index (χ3v) is 6.27. The minimum atomic E-state index is 0.761. The van der Waals surface area contributed by atoms with Crippen molar-refractivity contribution in [2.45, 2.75) is 26.8 Å². The molecule has 0 fully saturated rings. The van der Waals surface area contributed by atoms with Crippen molar-refractivity contribution in [2.75, 3.05) is 17.2 Å². The topological polar surface area (TPSA) is 67.7 Å². The van der Waals surface area contributed by atoms with Gasteiger partial charge < -0.3 is 10.6 Å². The Bertz CT molecular complexity index is 1160. The number of thiophene rings is 1. The smallest absolute Gasteiger partial charge is 0.166 e. The fourth-order valence-electron chi connectivity index (χ4n) is 3.68. The van der Waals surface area contributed by atoms with Gasteiger partial charge in [0.2, 0.25) is 0 Å². The van der Waals surface area contributed by atoms with Crippen LogP contribution in [0.4, 0.5) is 11.5 Å². The lowest BCUT2D eigenvalue weighted by molar-refractivity contribution is 0.798. The van der Waals surface area contributed by atoms with Crippen molar-refractivity contribution in [3.8, 4) is 0 Å². The van der Waals surface area contributed by atoms with Crippen LogP contribution in [-0.4, -0.2) is 26.5 Å². The van der Waals surface area contributed by atoms with Crippen LogP contribution in [0.3, 0.4) is 0 Å². The van der Waals surface area contributed by atoms with Gasteiger partial charge in [-0.2, -0.15) is 10.2 Å². The molecule has 0 radical (unpaired) electrons. The van der Waals surface area contributed by atoms with E-state index < -0.39 is 0 Å². The number of anilines is 2. The number of benzene rings is 1. The molecule has 3 aromatic heterocycles. The Morgan fingerprint density at radius 3 is 3.04 bits per heavy atom. The number of fused-ring (bicyclic) bond motifs is 4. The fourth-order valence-corrected chi connectivity index (χ4v) is 4.85. The van der Waals surface area contributed by atoms with Crippen LogP contribution >= 0.6 is 11.3 Å². The average molecular weight is 364 g/mol. The van der Waals surface area contributed by atoms with Gasteiger partial charge >= 0.3 is 0 Å². The third-order valence-electron chi connectivity index (χ3n) is 5.20. The molecule has 4 heterocycles. The number of rotatable bonds is 3. The highest BCUT2D eigenvalue weighted by Crippen LogP contribution is 2.38. The molecule has 0 atom stereocenters. The maximum absolute atomic E-state index is 4.71. The molecular weight excluding hydrogens is 344 g/mol. The lowest BCUT2D eigenvalue weighted by Gasteiger charge is -2.06. The molecular formula is C19H20N6S. The first-order valence-electron chi connectivity index (χ1n) is 8.80.